The number of hydrogen-bond donors (Lipinski definition) is 0. The number of esters is 1. The zero-order valence-electron chi connectivity index (χ0n) is 26.1. The fourth-order valence-corrected chi connectivity index (χ4v) is 5.98. The molecule has 0 N–H and O–H groups in total. The van der Waals surface area contributed by atoms with Crippen LogP contribution in [0.3, 0.4) is 0 Å². The van der Waals surface area contributed by atoms with Gasteiger partial charge in [-0.2, -0.15) is 0 Å². The topological polar surface area (TPSA) is 66.8 Å². The summed E-state index contributed by atoms with van der Waals surface area (Å²) in [7, 11) is 0. The van der Waals surface area contributed by atoms with Crippen LogP contribution in [0.1, 0.15) is 96.6 Å². The molecule has 2 unspecified atom stereocenters. The van der Waals surface area contributed by atoms with Gasteiger partial charge in [0.05, 0.1) is 24.3 Å². The lowest BCUT2D eigenvalue weighted by molar-refractivity contribution is -0.301. The van der Waals surface area contributed by atoms with E-state index in [4.69, 9.17) is 14.2 Å². The lowest BCUT2D eigenvalue weighted by Gasteiger charge is -2.41. The average molecular weight is 578 g/mol. The third-order valence-corrected chi connectivity index (χ3v) is 7.30. The Bertz CT molecular complexity index is 1400. The highest BCUT2D eigenvalue weighted by Gasteiger charge is 2.37. The summed E-state index contributed by atoms with van der Waals surface area (Å²) >= 11 is 0. The Morgan fingerprint density at radius 1 is 1.00 bits per heavy atom. The second kappa shape index (κ2) is 12.5. The number of benzene rings is 2. The van der Waals surface area contributed by atoms with Crippen molar-refractivity contribution in [1.29, 1.82) is 0 Å². The van der Waals surface area contributed by atoms with Crippen molar-refractivity contribution >= 4 is 11.8 Å². The number of aromatic nitrogens is 1. The Hall–Kier alpha value is -3.29. The molecule has 1 aliphatic heterocycles. The fraction of sp³-hybridized carbons (Fsp3) is 0.486. The van der Waals surface area contributed by atoms with Crippen LogP contribution in [0.25, 0.3) is 22.4 Å². The van der Waals surface area contributed by atoms with Crippen LogP contribution >= 0.6 is 0 Å². The maximum Gasteiger partial charge on any atom is 0.308 e. The van der Waals surface area contributed by atoms with Crippen LogP contribution in [0, 0.1) is 5.82 Å². The summed E-state index contributed by atoms with van der Waals surface area (Å²) in [6.45, 7) is 15.6. The van der Waals surface area contributed by atoms with E-state index in [1.165, 1.54) is 12.1 Å². The molecule has 1 aromatic heterocycles. The molecule has 0 saturated carbocycles. The summed E-state index contributed by atoms with van der Waals surface area (Å²) in [6.07, 6.45) is 0.788. The smallest absolute Gasteiger partial charge is 0.308 e. The van der Waals surface area contributed by atoms with Crippen molar-refractivity contribution in [2.24, 2.45) is 0 Å². The maximum atomic E-state index is 14.0. The van der Waals surface area contributed by atoms with Crippen LogP contribution in [0.15, 0.2) is 54.6 Å². The number of rotatable bonds is 9. The number of ketones is 1. The molecule has 3 aromatic rings. The van der Waals surface area contributed by atoms with Gasteiger partial charge in [-0.1, -0.05) is 44.2 Å². The standard InChI is InChI=1S/C35H44FNO5/c1-22(2)32-30(23(3)38)31(24-12-10-9-11-13-24)33(25-14-16-26(36)17-15-25)37(32)19-18-27-20-28(41-35(7,8)40-27)21-29(39)42-34(4,5)6/h9-17,22,27-28H,18-21H2,1-8H3. The summed E-state index contributed by atoms with van der Waals surface area (Å²) < 4.78 is 34.2. The molecule has 1 fully saturated rings. The monoisotopic (exact) mass is 577 g/mol. The highest BCUT2D eigenvalue weighted by atomic mass is 19.1. The van der Waals surface area contributed by atoms with E-state index in [9.17, 15) is 14.0 Å². The van der Waals surface area contributed by atoms with E-state index in [1.54, 1.807) is 19.1 Å². The van der Waals surface area contributed by atoms with Crippen molar-refractivity contribution < 1.29 is 28.2 Å². The van der Waals surface area contributed by atoms with Crippen molar-refractivity contribution in [3.8, 4) is 22.4 Å². The lowest BCUT2D eigenvalue weighted by Crippen LogP contribution is -2.46. The summed E-state index contributed by atoms with van der Waals surface area (Å²) in [5, 5.41) is 0. The minimum atomic E-state index is -0.868. The lowest BCUT2D eigenvalue weighted by atomic mass is 9.93. The molecular weight excluding hydrogens is 533 g/mol. The molecule has 0 radical (unpaired) electrons. The first-order valence-electron chi connectivity index (χ1n) is 14.8. The quantitative estimate of drug-likeness (QED) is 0.189. The SMILES string of the molecule is CC(=O)c1c(-c2ccccc2)c(-c2ccc(F)cc2)n(CCC2CC(CC(=O)OC(C)(C)C)OC(C)(C)O2)c1C(C)C. The van der Waals surface area contributed by atoms with Crippen LogP contribution in [-0.2, 0) is 25.5 Å². The number of carbonyl (C=O) groups excluding carboxylic acids is 2. The predicted octanol–water partition coefficient (Wildman–Crippen LogP) is 8.32. The molecule has 0 amide bonds. The van der Waals surface area contributed by atoms with Crippen molar-refractivity contribution in [2.75, 3.05) is 0 Å². The molecule has 0 spiro atoms. The minimum Gasteiger partial charge on any atom is -0.460 e. The van der Waals surface area contributed by atoms with Crippen molar-refractivity contribution in [2.45, 2.75) is 111 Å². The Kier molecular flexibility index (Phi) is 9.43. The minimum absolute atomic E-state index is 0.0134. The van der Waals surface area contributed by atoms with E-state index in [0.717, 1.165) is 28.1 Å². The largest absolute Gasteiger partial charge is 0.460 e. The third kappa shape index (κ3) is 7.56. The first kappa shape index (κ1) is 31.6. The van der Waals surface area contributed by atoms with Gasteiger partial charge in [0.2, 0.25) is 0 Å². The second-order valence-electron chi connectivity index (χ2n) is 12.9. The molecule has 2 atom stereocenters. The van der Waals surface area contributed by atoms with Gasteiger partial charge in [-0.05, 0) is 89.3 Å². The van der Waals surface area contributed by atoms with E-state index in [0.29, 0.717) is 24.9 Å². The van der Waals surface area contributed by atoms with E-state index in [2.05, 4.69) is 18.4 Å². The number of ether oxygens (including phenoxy) is 3. The molecule has 6 nitrogen and oxygen atoms in total. The first-order valence-corrected chi connectivity index (χ1v) is 14.8. The maximum absolute atomic E-state index is 14.0. The Labute approximate surface area is 249 Å². The summed E-state index contributed by atoms with van der Waals surface area (Å²) in [5.41, 5.74) is 4.56. The molecule has 1 aliphatic rings. The molecule has 0 aliphatic carbocycles. The predicted molar refractivity (Wildman–Crippen MR) is 163 cm³/mol. The van der Waals surface area contributed by atoms with Gasteiger partial charge in [0.15, 0.2) is 11.6 Å². The van der Waals surface area contributed by atoms with E-state index in [1.807, 2.05) is 65.0 Å². The zero-order valence-corrected chi connectivity index (χ0v) is 26.1. The number of halogens is 1. The van der Waals surface area contributed by atoms with Gasteiger partial charge in [-0.15, -0.1) is 0 Å². The van der Waals surface area contributed by atoms with Gasteiger partial charge in [-0.25, -0.2) is 4.39 Å². The molecule has 4 rings (SSSR count). The summed E-state index contributed by atoms with van der Waals surface area (Å²) in [6, 6.07) is 16.3. The van der Waals surface area contributed by atoms with Crippen LogP contribution in [-0.4, -0.2) is 39.9 Å². The molecule has 1 saturated heterocycles. The van der Waals surface area contributed by atoms with Crippen LogP contribution in [0.2, 0.25) is 0 Å². The third-order valence-electron chi connectivity index (χ3n) is 7.30. The van der Waals surface area contributed by atoms with Crippen molar-refractivity contribution in [3.05, 3.63) is 71.7 Å². The molecule has 226 valence electrons. The Morgan fingerprint density at radius 2 is 1.62 bits per heavy atom. The van der Waals surface area contributed by atoms with Crippen LogP contribution in [0.4, 0.5) is 4.39 Å². The molecule has 0 bridgehead atoms. The molecular formula is C35H44FNO5. The zero-order chi connectivity index (χ0) is 30.8. The van der Waals surface area contributed by atoms with Crippen LogP contribution < -0.4 is 0 Å². The molecule has 2 heterocycles. The average Bonchev–Trinajstić information content (AvgIpc) is 3.22. The highest BCUT2D eigenvalue weighted by Crippen LogP contribution is 2.43. The molecule has 2 aromatic carbocycles. The summed E-state index contributed by atoms with van der Waals surface area (Å²) in [5.74, 6) is -1.45. The molecule has 7 heteroatoms. The highest BCUT2D eigenvalue weighted by molar-refractivity contribution is 6.06. The normalized spacial score (nSPS) is 18.7. The number of carbonyl (C=O) groups is 2. The van der Waals surface area contributed by atoms with Gasteiger partial charge in [0, 0.05) is 29.8 Å². The van der Waals surface area contributed by atoms with E-state index >= 15 is 0 Å². The Morgan fingerprint density at radius 3 is 2.19 bits per heavy atom. The van der Waals surface area contributed by atoms with Gasteiger partial charge in [-0.3, -0.25) is 9.59 Å². The number of nitrogens with zero attached hydrogens (tertiary/aromatic N) is 1. The van der Waals surface area contributed by atoms with E-state index < -0.39 is 11.4 Å². The van der Waals surface area contributed by atoms with E-state index in [-0.39, 0.29) is 42.1 Å². The fourth-order valence-electron chi connectivity index (χ4n) is 5.98. The molecule has 42 heavy (non-hydrogen) atoms. The number of hydrogen-bond acceptors (Lipinski definition) is 5. The second-order valence-corrected chi connectivity index (χ2v) is 12.9. The Balaban J connectivity index is 1.75. The van der Waals surface area contributed by atoms with Crippen LogP contribution in [0.5, 0.6) is 0 Å². The van der Waals surface area contributed by atoms with Gasteiger partial charge < -0.3 is 18.8 Å². The van der Waals surface area contributed by atoms with Gasteiger partial charge in [0.25, 0.3) is 0 Å². The van der Waals surface area contributed by atoms with Crippen molar-refractivity contribution in [3.63, 3.8) is 0 Å². The van der Waals surface area contributed by atoms with Crippen molar-refractivity contribution in [1.82, 2.24) is 4.57 Å². The van der Waals surface area contributed by atoms with Gasteiger partial charge in [0.1, 0.15) is 11.4 Å². The van der Waals surface area contributed by atoms with Gasteiger partial charge >= 0.3 is 5.97 Å². The summed E-state index contributed by atoms with van der Waals surface area (Å²) in [4.78, 5) is 25.9. The first-order chi connectivity index (χ1) is 19.6. The number of Topliss-reactive ketones (excluding diaryl/α,β-unsaturated/α-hetero) is 1.